The zero-order valence-electron chi connectivity index (χ0n) is 10.6. The van der Waals surface area contributed by atoms with Gasteiger partial charge in [0.05, 0.1) is 19.0 Å². The molecule has 0 saturated heterocycles. The second kappa shape index (κ2) is 4.72. The molecule has 2 heterocycles. The molecule has 0 radical (unpaired) electrons. The number of methoxy groups -OCH3 is 1. The Balaban J connectivity index is 2.12. The van der Waals surface area contributed by atoms with E-state index in [1.54, 1.807) is 19.5 Å². The summed E-state index contributed by atoms with van der Waals surface area (Å²) in [5.74, 6) is 0.771. The van der Waals surface area contributed by atoms with Gasteiger partial charge in [-0.25, -0.2) is 0 Å². The van der Waals surface area contributed by atoms with E-state index in [1.165, 1.54) is 5.56 Å². The summed E-state index contributed by atoms with van der Waals surface area (Å²) in [5.41, 5.74) is 3.99. The Labute approximate surface area is 111 Å². The van der Waals surface area contributed by atoms with Crippen LogP contribution in [-0.2, 0) is 11.2 Å². The fraction of sp³-hybridized carbons (Fsp3) is 0.200. The van der Waals surface area contributed by atoms with E-state index in [2.05, 4.69) is 10.3 Å². The summed E-state index contributed by atoms with van der Waals surface area (Å²) < 4.78 is 5.19. The molecule has 1 aliphatic heterocycles. The molecule has 0 unspecified atom stereocenters. The van der Waals surface area contributed by atoms with E-state index in [9.17, 15) is 4.79 Å². The lowest BCUT2D eigenvalue weighted by atomic mass is 9.96. The molecule has 0 spiro atoms. The Hall–Kier alpha value is -2.36. The van der Waals surface area contributed by atoms with E-state index in [-0.39, 0.29) is 5.91 Å². The van der Waals surface area contributed by atoms with Gasteiger partial charge in [0.25, 0.3) is 0 Å². The maximum Gasteiger partial charge on any atom is 0.224 e. The van der Waals surface area contributed by atoms with Crippen molar-refractivity contribution in [1.29, 1.82) is 0 Å². The topological polar surface area (TPSA) is 51.2 Å². The summed E-state index contributed by atoms with van der Waals surface area (Å²) in [6.45, 7) is 0. The Bertz CT molecular complexity index is 638. The zero-order chi connectivity index (χ0) is 13.2. The molecule has 0 fully saturated rings. The monoisotopic (exact) mass is 254 g/mol. The van der Waals surface area contributed by atoms with Crippen LogP contribution in [0.3, 0.4) is 0 Å². The van der Waals surface area contributed by atoms with Gasteiger partial charge < -0.3 is 10.1 Å². The minimum Gasteiger partial charge on any atom is -0.495 e. The Morgan fingerprint density at radius 3 is 3.00 bits per heavy atom. The van der Waals surface area contributed by atoms with Crippen molar-refractivity contribution in [2.45, 2.75) is 12.8 Å². The van der Waals surface area contributed by atoms with Crippen LogP contribution in [0.2, 0.25) is 0 Å². The maximum absolute atomic E-state index is 11.6. The van der Waals surface area contributed by atoms with Crippen molar-refractivity contribution in [2.75, 3.05) is 12.4 Å². The van der Waals surface area contributed by atoms with E-state index in [4.69, 9.17) is 4.74 Å². The average Bonchev–Trinajstić information content (AvgIpc) is 2.46. The normalized spacial score (nSPS) is 13.6. The quantitative estimate of drug-likeness (QED) is 0.896. The van der Waals surface area contributed by atoms with Gasteiger partial charge in [-0.3, -0.25) is 9.78 Å². The number of nitrogens with one attached hydrogen (secondary N) is 1. The van der Waals surface area contributed by atoms with E-state index < -0.39 is 0 Å². The van der Waals surface area contributed by atoms with Gasteiger partial charge >= 0.3 is 0 Å². The van der Waals surface area contributed by atoms with Gasteiger partial charge in [-0.15, -0.1) is 0 Å². The number of fused-ring (bicyclic) bond motifs is 1. The molecule has 0 atom stereocenters. The first-order valence-electron chi connectivity index (χ1n) is 6.19. The van der Waals surface area contributed by atoms with Crippen LogP contribution in [0.25, 0.3) is 11.1 Å². The summed E-state index contributed by atoms with van der Waals surface area (Å²) >= 11 is 0. The average molecular weight is 254 g/mol. The van der Waals surface area contributed by atoms with Gasteiger partial charge in [-0.05, 0) is 18.1 Å². The van der Waals surface area contributed by atoms with Gasteiger partial charge in [-0.2, -0.15) is 0 Å². The van der Waals surface area contributed by atoms with Crippen LogP contribution in [0.4, 0.5) is 5.69 Å². The summed E-state index contributed by atoms with van der Waals surface area (Å²) in [5, 5.41) is 2.96. The molecule has 4 heteroatoms. The number of carbonyl (C=O) groups is 1. The highest BCUT2D eigenvalue weighted by Crippen LogP contribution is 2.34. The molecule has 19 heavy (non-hydrogen) atoms. The molecule has 3 rings (SSSR count). The highest BCUT2D eigenvalue weighted by Gasteiger charge is 2.18. The number of hydrogen-bond donors (Lipinski definition) is 1. The largest absolute Gasteiger partial charge is 0.495 e. The third-order valence-electron chi connectivity index (χ3n) is 3.30. The lowest BCUT2D eigenvalue weighted by molar-refractivity contribution is -0.116. The highest BCUT2D eigenvalue weighted by molar-refractivity contribution is 5.98. The van der Waals surface area contributed by atoms with Crippen LogP contribution >= 0.6 is 0 Å². The Kier molecular flexibility index (Phi) is 2.91. The SMILES string of the molecule is COc1cncc(-c2cccc3c2NC(=O)CC3)c1. The molecular weight excluding hydrogens is 240 g/mol. The number of ether oxygens (including phenoxy) is 1. The van der Waals surface area contributed by atoms with Crippen LogP contribution in [0.1, 0.15) is 12.0 Å². The minimum atomic E-state index is 0.0656. The van der Waals surface area contributed by atoms with Gasteiger partial charge in [0.15, 0.2) is 0 Å². The number of pyridine rings is 1. The first-order chi connectivity index (χ1) is 9.28. The first kappa shape index (κ1) is 11.7. The smallest absolute Gasteiger partial charge is 0.224 e. The predicted octanol–water partition coefficient (Wildman–Crippen LogP) is 2.64. The van der Waals surface area contributed by atoms with Crippen molar-refractivity contribution in [2.24, 2.45) is 0 Å². The number of para-hydroxylation sites is 1. The summed E-state index contributed by atoms with van der Waals surface area (Å²) in [6, 6.07) is 7.96. The van der Waals surface area contributed by atoms with Crippen LogP contribution in [0.15, 0.2) is 36.7 Å². The third-order valence-corrected chi connectivity index (χ3v) is 3.30. The molecule has 4 nitrogen and oxygen atoms in total. The number of anilines is 1. The number of hydrogen-bond acceptors (Lipinski definition) is 3. The fourth-order valence-electron chi connectivity index (χ4n) is 2.32. The van der Waals surface area contributed by atoms with Crippen LogP contribution < -0.4 is 10.1 Å². The molecule has 0 saturated carbocycles. The summed E-state index contributed by atoms with van der Waals surface area (Å²) in [6.07, 6.45) is 4.77. The van der Waals surface area contributed by atoms with Crippen molar-refractivity contribution in [3.63, 3.8) is 0 Å². The number of aromatic nitrogens is 1. The van der Waals surface area contributed by atoms with Gasteiger partial charge in [0.1, 0.15) is 5.75 Å². The standard InChI is InChI=1S/C15H14N2O2/c1-19-12-7-11(8-16-9-12)13-4-2-3-10-5-6-14(18)17-15(10)13/h2-4,7-9H,5-6H2,1H3,(H,17,18). The molecule has 0 aliphatic carbocycles. The number of aryl methyl sites for hydroxylation is 1. The van der Waals surface area contributed by atoms with Crippen molar-refractivity contribution < 1.29 is 9.53 Å². The van der Waals surface area contributed by atoms with Crippen molar-refractivity contribution in [1.82, 2.24) is 4.98 Å². The molecule has 1 aromatic carbocycles. The van der Waals surface area contributed by atoms with E-state index in [0.717, 1.165) is 23.2 Å². The van der Waals surface area contributed by atoms with Crippen molar-refractivity contribution >= 4 is 11.6 Å². The lowest BCUT2D eigenvalue weighted by Gasteiger charge is -2.20. The molecule has 1 amide bonds. The maximum atomic E-state index is 11.6. The molecule has 0 bridgehead atoms. The molecule has 96 valence electrons. The van der Waals surface area contributed by atoms with Crippen LogP contribution in [-0.4, -0.2) is 18.0 Å². The van der Waals surface area contributed by atoms with Crippen LogP contribution in [0, 0.1) is 0 Å². The molecule has 1 aromatic heterocycles. The van der Waals surface area contributed by atoms with Crippen molar-refractivity contribution in [3.8, 4) is 16.9 Å². The highest BCUT2D eigenvalue weighted by atomic mass is 16.5. The number of carbonyl (C=O) groups excluding carboxylic acids is 1. The molecule has 1 N–H and O–H groups in total. The van der Waals surface area contributed by atoms with E-state index in [0.29, 0.717) is 12.2 Å². The molecule has 1 aliphatic rings. The molecule has 2 aromatic rings. The van der Waals surface area contributed by atoms with Gasteiger partial charge in [0, 0.05) is 23.7 Å². The third kappa shape index (κ3) is 2.17. The fourth-order valence-corrected chi connectivity index (χ4v) is 2.32. The van der Waals surface area contributed by atoms with Crippen LogP contribution in [0.5, 0.6) is 5.75 Å². The van der Waals surface area contributed by atoms with Crippen molar-refractivity contribution in [3.05, 3.63) is 42.2 Å². The second-order valence-electron chi connectivity index (χ2n) is 4.50. The minimum absolute atomic E-state index is 0.0656. The Morgan fingerprint density at radius 1 is 1.26 bits per heavy atom. The van der Waals surface area contributed by atoms with E-state index in [1.807, 2.05) is 24.3 Å². The number of amides is 1. The zero-order valence-corrected chi connectivity index (χ0v) is 10.6. The van der Waals surface area contributed by atoms with Gasteiger partial charge in [0.2, 0.25) is 5.91 Å². The molecular formula is C15H14N2O2. The second-order valence-corrected chi connectivity index (χ2v) is 4.50. The number of nitrogens with zero attached hydrogens (tertiary/aromatic N) is 1. The predicted molar refractivity (Wildman–Crippen MR) is 73.2 cm³/mol. The first-order valence-corrected chi connectivity index (χ1v) is 6.19. The summed E-state index contributed by atoms with van der Waals surface area (Å²) in [7, 11) is 1.61. The number of benzene rings is 1. The Morgan fingerprint density at radius 2 is 2.16 bits per heavy atom. The van der Waals surface area contributed by atoms with Gasteiger partial charge in [-0.1, -0.05) is 18.2 Å². The summed E-state index contributed by atoms with van der Waals surface area (Å²) in [4.78, 5) is 15.7. The van der Waals surface area contributed by atoms with E-state index >= 15 is 0 Å². The number of rotatable bonds is 2. The lowest BCUT2D eigenvalue weighted by Crippen LogP contribution is -2.19.